The van der Waals surface area contributed by atoms with Crippen LogP contribution in [-0.2, 0) is 9.59 Å². The number of aliphatic hydroxyl groups is 1. The van der Waals surface area contributed by atoms with Crippen molar-refractivity contribution in [3.63, 3.8) is 0 Å². The van der Waals surface area contributed by atoms with Crippen LogP contribution < -0.4 is 0 Å². The number of hydrogen-bond donors (Lipinski definition) is 1. The van der Waals surface area contributed by atoms with E-state index in [4.69, 9.17) is 0 Å². The second-order valence-corrected chi connectivity index (χ2v) is 7.28. The molecule has 4 nitrogen and oxygen atoms in total. The molecule has 1 saturated heterocycles. The highest BCUT2D eigenvalue weighted by Crippen LogP contribution is 2.52. The first kappa shape index (κ1) is 14.5. The summed E-state index contributed by atoms with van der Waals surface area (Å²) in [5, 5.41) is 9.20. The second kappa shape index (κ2) is 5.09. The summed E-state index contributed by atoms with van der Waals surface area (Å²) in [6, 6.07) is 0. The van der Waals surface area contributed by atoms with Crippen molar-refractivity contribution in [1.82, 2.24) is 4.90 Å². The van der Waals surface area contributed by atoms with Gasteiger partial charge in [-0.1, -0.05) is 38.2 Å². The Bertz CT molecular complexity index is 490. The van der Waals surface area contributed by atoms with Gasteiger partial charge in [0, 0.05) is 13.2 Å². The van der Waals surface area contributed by atoms with E-state index >= 15 is 0 Å². The Morgan fingerprint density at radius 1 is 1.19 bits per heavy atom. The molecule has 0 radical (unpaired) electrons. The number of likely N-dealkylation sites (tertiary alicyclic amines) is 1. The summed E-state index contributed by atoms with van der Waals surface area (Å²) < 4.78 is 0. The summed E-state index contributed by atoms with van der Waals surface area (Å²) in [4.78, 5) is 26.3. The molecule has 3 rings (SSSR count). The summed E-state index contributed by atoms with van der Waals surface area (Å²) >= 11 is 0. The first-order valence-corrected chi connectivity index (χ1v) is 7.74. The van der Waals surface area contributed by atoms with Gasteiger partial charge in [0.05, 0.1) is 11.8 Å². The van der Waals surface area contributed by atoms with Gasteiger partial charge in [0.25, 0.3) is 0 Å². The van der Waals surface area contributed by atoms with Gasteiger partial charge in [-0.05, 0) is 30.1 Å². The molecule has 0 aromatic rings. The zero-order chi connectivity index (χ0) is 15.2. The Morgan fingerprint density at radius 2 is 1.76 bits per heavy atom. The molecule has 2 bridgehead atoms. The minimum absolute atomic E-state index is 0.00733. The number of nitrogens with zero attached hydrogens (tertiary/aromatic N) is 1. The maximum atomic E-state index is 12.4. The third-order valence-corrected chi connectivity index (χ3v) is 5.11. The molecule has 0 spiro atoms. The van der Waals surface area contributed by atoms with Gasteiger partial charge in [0.2, 0.25) is 11.8 Å². The van der Waals surface area contributed by atoms with Crippen molar-refractivity contribution in [2.45, 2.75) is 26.7 Å². The van der Waals surface area contributed by atoms with Gasteiger partial charge in [-0.3, -0.25) is 14.5 Å². The molecule has 4 heteroatoms. The van der Waals surface area contributed by atoms with Crippen LogP contribution in [0.15, 0.2) is 24.3 Å². The fourth-order valence-corrected chi connectivity index (χ4v) is 3.79. The van der Waals surface area contributed by atoms with E-state index in [1.54, 1.807) is 0 Å². The highest BCUT2D eigenvalue weighted by atomic mass is 16.3. The molecule has 3 aliphatic rings. The molecule has 4 unspecified atom stereocenters. The van der Waals surface area contributed by atoms with E-state index in [2.05, 4.69) is 12.2 Å². The predicted molar refractivity (Wildman–Crippen MR) is 79.1 cm³/mol. The molecule has 0 aromatic heterocycles. The van der Waals surface area contributed by atoms with Crippen molar-refractivity contribution >= 4 is 11.8 Å². The fourth-order valence-electron chi connectivity index (χ4n) is 3.79. The number of amides is 2. The van der Waals surface area contributed by atoms with Gasteiger partial charge in [0.15, 0.2) is 0 Å². The number of allylic oxidation sites excluding steroid dienone is 3. The Labute approximate surface area is 125 Å². The number of carbonyl (C=O) groups excluding carboxylic acids is 2. The first-order chi connectivity index (χ1) is 9.94. The van der Waals surface area contributed by atoms with E-state index in [1.807, 2.05) is 26.0 Å². The van der Waals surface area contributed by atoms with Crippen molar-refractivity contribution in [1.29, 1.82) is 0 Å². The largest absolute Gasteiger partial charge is 0.396 e. The highest BCUT2D eigenvalue weighted by Gasteiger charge is 2.58. The molecule has 1 saturated carbocycles. The van der Waals surface area contributed by atoms with Crippen LogP contribution in [0.2, 0.25) is 0 Å². The zero-order valence-corrected chi connectivity index (χ0v) is 12.7. The van der Waals surface area contributed by atoms with Crippen LogP contribution in [-0.4, -0.2) is 35.0 Å². The molecule has 21 heavy (non-hydrogen) atoms. The lowest BCUT2D eigenvalue weighted by molar-refractivity contribution is -0.140. The molecule has 2 fully saturated rings. The SMILES string of the molecule is CC(C)(CO)CC=CCN1C(=O)C2C3C=CC(C3)C2C1=O. The third kappa shape index (κ3) is 2.35. The Balaban J connectivity index is 1.62. The molecule has 1 aliphatic heterocycles. The smallest absolute Gasteiger partial charge is 0.234 e. The van der Waals surface area contributed by atoms with Crippen molar-refractivity contribution in [2.75, 3.05) is 13.2 Å². The van der Waals surface area contributed by atoms with Crippen LogP contribution in [0, 0.1) is 29.1 Å². The average molecular weight is 289 g/mol. The summed E-state index contributed by atoms with van der Waals surface area (Å²) in [5.74, 6) is 0.364. The topological polar surface area (TPSA) is 57.6 Å². The summed E-state index contributed by atoms with van der Waals surface area (Å²) in [6.07, 6.45) is 9.77. The number of fused-ring (bicyclic) bond motifs is 5. The molecule has 1 heterocycles. The van der Waals surface area contributed by atoms with Crippen LogP contribution in [0.5, 0.6) is 0 Å². The molecule has 1 N–H and O–H groups in total. The molecule has 2 aliphatic carbocycles. The number of rotatable bonds is 5. The van der Waals surface area contributed by atoms with E-state index in [9.17, 15) is 14.7 Å². The van der Waals surface area contributed by atoms with E-state index < -0.39 is 0 Å². The van der Waals surface area contributed by atoms with E-state index in [-0.39, 0.29) is 47.5 Å². The minimum atomic E-state index is -0.158. The summed E-state index contributed by atoms with van der Waals surface area (Å²) in [6.45, 7) is 4.46. The standard InChI is InChI=1S/C17H23NO3/c1-17(2,10-19)7-3-4-8-18-15(20)13-11-5-6-12(9-11)14(13)16(18)21/h3-6,11-14,19H,7-10H2,1-2H3. The van der Waals surface area contributed by atoms with Crippen molar-refractivity contribution in [2.24, 2.45) is 29.1 Å². The van der Waals surface area contributed by atoms with Crippen LogP contribution in [0.3, 0.4) is 0 Å². The van der Waals surface area contributed by atoms with Crippen molar-refractivity contribution in [3.05, 3.63) is 24.3 Å². The fraction of sp³-hybridized carbons (Fsp3) is 0.647. The number of aliphatic hydroxyl groups excluding tert-OH is 1. The molecular weight excluding hydrogens is 266 g/mol. The Kier molecular flexibility index (Phi) is 3.52. The maximum absolute atomic E-state index is 12.4. The van der Waals surface area contributed by atoms with Crippen LogP contribution in [0.4, 0.5) is 0 Å². The molecular formula is C17H23NO3. The second-order valence-electron chi connectivity index (χ2n) is 7.28. The minimum Gasteiger partial charge on any atom is -0.396 e. The number of hydrogen-bond acceptors (Lipinski definition) is 3. The number of imide groups is 1. The van der Waals surface area contributed by atoms with Crippen LogP contribution in [0.25, 0.3) is 0 Å². The highest BCUT2D eigenvalue weighted by molar-refractivity contribution is 6.06. The van der Waals surface area contributed by atoms with Crippen LogP contribution >= 0.6 is 0 Å². The van der Waals surface area contributed by atoms with E-state index in [1.165, 1.54) is 4.90 Å². The zero-order valence-electron chi connectivity index (χ0n) is 12.7. The number of carbonyl (C=O) groups is 2. The monoisotopic (exact) mass is 289 g/mol. The van der Waals surface area contributed by atoms with Crippen molar-refractivity contribution < 1.29 is 14.7 Å². The van der Waals surface area contributed by atoms with Gasteiger partial charge < -0.3 is 5.11 Å². The third-order valence-electron chi connectivity index (χ3n) is 5.11. The Morgan fingerprint density at radius 3 is 2.29 bits per heavy atom. The quantitative estimate of drug-likeness (QED) is 0.620. The molecule has 2 amide bonds. The lowest BCUT2D eigenvalue weighted by atomic mass is 9.85. The molecule has 0 aromatic carbocycles. The molecule has 4 atom stereocenters. The summed E-state index contributed by atoms with van der Waals surface area (Å²) in [7, 11) is 0. The Hall–Kier alpha value is -1.42. The normalized spacial score (nSPS) is 34.5. The lowest BCUT2D eigenvalue weighted by Crippen LogP contribution is -2.33. The van der Waals surface area contributed by atoms with Gasteiger partial charge >= 0.3 is 0 Å². The predicted octanol–water partition coefficient (Wildman–Crippen LogP) is 1.76. The summed E-state index contributed by atoms with van der Waals surface area (Å²) in [5.41, 5.74) is -0.158. The lowest BCUT2D eigenvalue weighted by Gasteiger charge is -2.19. The van der Waals surface area contributed by atoms with E-state index in [0.717, 1.165) is 12.8 Å². The van der Waals surface area contributed by atoms with E-state index in [0.29, 0.717) is 6.54 Å². The van der Waals surface area contributed by atoms with Gasteiger partial charge in [-0.15, -0.1) is 0 Å². The van der Waals surface area contributed by atoms with Gasteiger partial charge in [-0.25, -0.2) is 0 Å². The maximum Gasteiger partial charge on any atom is 0.234 e. The molecule has 114 valence electrons. The van der Waals surface area contributed by atoms with Gasteiger partial charge in [-0.2, -0.15) is 0 Å². The average Bonchev–Trinajstić information content (AvgIpc) is 3.11. The van der Waals surface area contributed by atoms with Gasteiger partial charge in [0.1, 0.15) is 0 Å². The van der Waals surface area contributed by atoms with Crippen LogP contribution in [0.1, 0.15) is 26.7 Å². The first-order valence-electron chi connectivity index (χ1n) is 7.74. The van der Waals surface area contributed by atoms with Crippen molar-refractivity contribution in [3.8, 4) is 0 Å².